The Hall–Kier alpha value is -1.01. The van der Waals surface area contributed by atoms with Crippen molar-refractivity contribution in [3.8, 4) is 0 Å². The minimum Gasteiger partial charge on any atom is -0.373 e. The Labute approximate surface area is 144 Å². The average molecular weight is 409 g/mol. The molecule has 0 spiro atoms. The number of hydrogen-bond donors (Lipinski definition) is 2. The van der Waals surface area contributed by atoms with Gasteiger partial charge in [0, 0.05) is 17.7 Å². The third-order valence-electron chi connectivity index (χ3n) is 2.64. The van der Waals surface area contributed by atoms with Gasteiger partial charge in [-0.1, -0.05) is 34.8 Å². The minimum absolute atomic E-state index is 0.242. The van der Waals surface area contributed by atoms with Crippen LogP contribution in [0.1, 0.15) is 10.4 Å². The first-order chi connectivity index (χ1) is 9.93. The Morgan fingerprint density at radius 3 is 2.62 bits per heavy atom. The molecule has 2 N–H and O–H groups in total. The summed E-state index contributed by atoms with van der Waals surface area (Å²) in [5.74, 6) is 0.128. The summed E-state index contributed by atoms with van der Waals surface area (Å²) in [6.45, 7) is 0. The Kier molecular flexibility index (Phi) is 5.32. The summed E-state index contributed by atoms with van der Waals surface area (Å²) >= 11 is 21.4. The molecule has 0 unspecified atom stereocenters. The maximum absolute atomic E-state index is 12.3. The van der Waals surface area contributed by atoms with E-state index in [1.165, 1.54) is 6.20 Å². The van der Waals surface area contributed by atoms with Crippen molar-refractivity contribution in [2.24, 2.45) is 0 Å². The first kappa shape index (κ1) is 16.4. The lowest BCUT2D eigenvalue weighted by molar-refractivity contribution is 0.102. The lowest BCUT2D eigenvalue weighted by Crippen LogP contribution is -2.13. The molecule has 2 aromatic rings. The number of benzene rings is 1. The monoisotopic (exact) mass is 407 g/mol. The molecule has 110 valence electrons. The van der Waals surface area contributed by atoms with Gasteiger partial charge in [-0.2, -0.15) is 0 Å². The van der Waals surface area contributed by atoms with E-state index in [4.69, 9.17) is 34.8 Å². The van der Waals surface area contributed by atoms with Crippen LogP contribution in [0.4, 0.5) is 11.5 Å². The van der Waals surface area contributed by atoms with Crippen LogP contribution >= 0.6 is 50.7 Å². The summed E-state index contributed by atoms with van der Waals surface area (Å²) in [7, 11) is 1.70. The van der Waals surface area contributed by atoms with Gasteiger partial charge in [0.2, 0.25) is 0 Å². The second-order valence-electron chi connectivity index (χ2n) is 3.98. The number of rotatable bonds is 3. The molecule has 8 heteroatoms. The predicted molar refractivity (Wildman–Crippen MR) is 90.9 cm³/mol. The fourth-order valence-electron chi connectivity index (χ4n) is 1.56. The van der Waals surface area contributed by atoms with Gasteiger partial charge in [-0.25, -0.2) is 4.98 Å². The van der Waals surface area contributed by atoms with Gasteiger partial charge in [0.15, 0.2) is 0 Å². The van der Waals surface area contributed by atoms with Crippen molar-refractivity contribution in [1.82, 2.24) is 4.98 Å². The van der Waals surface area contributed by atoms with Crippen molar-refractivity contribution in [1.29, 1.82) is 0 Å². The largest absolute Gasteiger partial charge is 0.373 e. The highest BCUT2D eigenvalue weighted by Gasteiger charge is 2.15. The molecule has 1 amide bonds. The zero-order chi connectivity index (χ0) is 15.6. The first-order valence-electron chi connectivity index (χ1n) is 5.72. The van der Waals surface area contributed by atoms with Gasteiger partial charge >= 0.3 is 0 Å². The molecule has 1 heterocycles. The smallest absolute Gasteiger partial charge is 0.257 e. The Morgan fingerprint density at radius 1 is 1.24 bits per heavy atom. The fraction of sp³-hybridized carbons (Fsp3) is 0.0769. The van der Waals surface area contributed by atoms with E-state index in [0.29, 0.717) is 21.0 Å². The zero-order valence-electron chi connectivity index (χ0n) is 10.7. The summed E-state index contributed by atoms with van der Waals surface area (Å²) in [4.78, 5) is 16.3. The van der Waals surface area contributed by atoms with E-state index < -0.39 is 5.91 Å². The maximum Gasteiger partial charge on any atom is 0.257 e. The van der Waals surface area contributed by atoms with E-state index in [9.17, 15) is 4.79 Å². The molecule has 2 rings (SSSR count). The number of aromatic nitrogens is 1. The van der Waals surface area contributed by atoms with Crippen LogP contribution in [0.25, 0.3) is 0 Å². The van der Waals surface area contributed by atoms with Crippen molar-refractivity contribution >= 4 is 68.1 Å². The molecule has 0 aliphatic rings. The number of carbonyl (C=O) groups is 1. The fourth-order valence-corrected chi connectivity index (χ4v) is 2.57. The van der Waals surface area contributed by atoms with E-state index in [1.54, 1.807) is 25.2 Å². The molecule has 0 saturated heterocycles. The summed E-state index contributed by atoms with van der Waals surface area (Å²) in [5, 5.41) is 6.32. The molecular formula is C13H9BrCl3N3O. The van der Waals surface area contributed by atoms with Crippen molar-refractivity contribution in [2.75, 3.05) is 17.7 Å². The van der Waals surface area contributed by atoms with Crippen LogP contribution in [0, 0.1) is 0 Å². The van der Waals surface area contributed by atoms with Gasteiger partial charge < -0.3 is 10.6 Å². The van der Waals surface area contributed by atoms with E-state index in [0.717, 1.165) is 0 Å². The van der Waals surface area contributed by atoms with Crippen molar-refractivity contribution in [3.05, 3.63) is 49.5 Å². The third-order valence-corrected chi connectivity index (χ3v) is 4.71. The van der Waals surface area contributed by atoms with Crippen LogP contribution in [0.2, 0.25) is 15.1 Å². The van der Waals surface area contributed by atoms with Crippen LogP contribution in [0.15, 0.2) is 28.9 Å². The number of halogens is 4. The summed E-state index contributed by atoms with van der Waals surface area (Å²) in [6, 6.07) is 4.88. The van der Waals surface area contributed by atoms with Gasteiger partial charge in [-0.05, 0) is 34.1 Å². The quantitative estimate of drug-likeness (QED) is 0.694. The summed E-state index contributed by atoms with van der Waals surface area (Å²) in [5.41, 5.74) is 0.680. The SMILES string of the molecule is CNc1cc(C(=O)Nc2ccc(Br)c(Cl)c2Cl)c(Cl)cn1. The molecule has 0 atom stereocenters. The number of nitrogens with one attached hydrogen (secondary N) is 2. The van der Waals surface area contributed by atoms with E-state index in [-0.39, 0.29) is 15.6 Å². The van der Waals surface area contributed by atoms with Gasteiger partial charge in [0.05, 0.1) is 26.3 Å². The lowest BCUT2D eigenvalue weighted by Gasteiger charge is -2.11. The Bertz CT molecular complexity index is 709. The molecule has 1 aromatic carbocycles. The molecule has 1 aromatic heterocycles. The Balaban J connectivity index is 2.32. The summed E-state index contributed by atoms with van der Waals surface area (Å²) in [6.07, 6.45) is 1.40. The number of carbonyl (C=O) groups excluding carboxylic acids is 1. The number of pyridine rings is 1. The predicted octanol–water partition coefficient (Wildman–Crippen LogP) is 5.10. The number of hydrogen-bond acceptors (Lipinski definition) is 3. The average Bonchev–Trinajstić information content (AvgIpc) is 2.48. The van der Waals surface area contributed by atoms with Gasteiger partial charge in [-0.3, -0.25) is 4.79 Å². The van der Waals surface area contributed by atoms with Gasteiger partial charge in [-0.15, -0.1) is 0 Å². The third kappa shape index (κ3) is 3.61. The maximum atomic E-state index is 12.3. The van der Waals surface area contributed by atoms with Gasteiger partial charge in [0.25, 0.3) is 5.91 Å². The first-order valence-corrected chi connectivity index (χ1v) is 7.65. The Morgan fingerprint density at radius 2 is 1.95 bits per heavy atom. The van der Waals surface area contributed by atoms with E-state index in [1.807, 2.05) is 0 Å². The molecular weight excluding hydrogens is 400 g/mol. The molecule has 4 nitrogen and oxygen atoms in total. The topological polar surface area (TPSA) is 54.0 Å². The van der Waals surface area contributed by atoms with Crippen LogP contribution in [-0.2, 0) is 0 Å². The lowest BCUT2D eigenvalue weighted by atomic mass is 10.2. The molecule has 0 aliphatic carbocycles. The van der Waals surface area contributed by atoms with Crippen molar-refractivity contribution in [2.45, 2.75) is 0 Å². The van der Waals surface area contributed by atoms with Crippen LogP contribution in [0.3, 0.4) is 0 Å². The summed E-state index contributed by atoms with van der Waals surface area (Å²) < 4.78 is 0.645. The number of anilines is 2. The van der Waals surface area contributed by atoms with Crippen LogP contribution in [0.5, 0.6) is 0 Å². The normalized spacial score (nSPS) is 10.3. The zero-order valence-corrected chi connectivity index (χ0v) is 14.5. The molecule has 0 saturated carbocycles. The highest BCUT2D eigenvalue weighted by atomic mass is 79.9. The minimum atomic E-state index is -0.404. The van der Waals surface area contributed by atoms with E-state index >= 15 is 0 Å². The van der Waals surface area contributed by atoms with Gasteiger partial charge in [0.1, 0.15) is 5.82 Å². The molecule has 21 heavy (non-hydrogen) atoms. The number of amides is 1. The van der Waals surface area contributed by atoms with Crippen LogP contribution in [-0.4, -0.2) is 17.9 Å². The van der Waals surface area contributed by atoms with E-state index in [2.05, 4.69) is 31.5 Å². The second-order valence-corrected chi connectivity index (χ2v) is 5.99. The molecule has 0 aliphatic heterocycles. The second kappa shape index (κ2) is 6.83. The molecule has 0 bridgehead atoms. The number of nitrogens with zero attached hydrogens (tertiary/aromatic N) is 1. The highest BCUT2D eigenvalue weighted by Crippen LogP contribution is 2.36. The van der Waals surface area contributed by atoms with Crippen molar-refractivity contribution < 1.29 is 4.79 Å². The molecule has 0 radical (unpaired) electrons. The van der Waals surface area contributed by atoms with Crippen LogP contribution < -0.4 is 10.6 Å². The van der Waals surface area contributed by atoms with Crippen molar-refractivity contribution in [3.63, 3.8) is 0 Å². The molecule has 0 fully saturated rings. The standard InChI is InChI=1S/C13H9BrCl3N3O/c1-18-10-4-6(8(15)5-19-10)13(21)20-9-3-2-7(14)11(16)12(9)17/h2-5H,1H3,(H,18,19)(H,20,21). The highest BCUT2D eigenvalue weighted by molar-refractivity contribution is 9.10.